The van der Waals surface area contributed by atoms with Gasteiger partial charge >= 0.3 is 0 Å². The fourth-order valence-electron chi connectivity index (χ4n) is 3.57. The van der Waals surface area contributed by atoms with Crippen molar-refractivity contribution in [3.8, 4) is 5.75 Å². The van der Waals surface area contributed by atoms with Crippen LogP contribution in [0.15, 0.2) is 48.5 Å². The first-order valence-corrected chi connectivity index (χ1v) is 13.7. The van der Waals surface area contributed by atoms with Crippen molar-refractivity contribution >= 4 is 21.6 Å². The fourth-order valence-corrected chi connectivity index (χ4v) is 4.53. The van der Waals surface area contributed by atoms with Gasteiger partial charge in [-0.1, -0.05) is 51.0 Å². The highest BCUT2D eigenvalue weighted by atomic mass is 32.2. The van der Waals surface area contributed by atoms with Crippen molar-refractivity contribution in [3.05, 3.63) is 59.7 Å². The topological polar surface area (TPSA) is 75.7 Å². The third-order valence-electron chi connectivity index (χ3n) is 5.36. The van der Waals surface area contributed by atoms with E-state index in [2.05, 4.69) is 31.3 Å². The van der Waals surface area contributed by atoms with Gasteiger partial charge in [-0.05, 0) is 61.1 Å². The van der Waals surface area contributed by atoms with Gasteiger partial charge in [-0.2, -0.15) is 0 Å². The molecule has 7 heteroatoms. The Balaban J connectivity index is 1.73. The molecule has 0 spiro atoms. The van der Waals surface area contributed by atoms with Gasteiger partial charge in [0.2, 0.25) is 15.9 Å². The van der Waals surface area contributed by atoms with Crippen LogP contribution in [0, 0.1) is 0 Å². The molecule has 0 aliphatic heterocycles. The van der Waals surface area contributed by atoms with Crippen LogP contribution in [0.3, 0.4) is 0 Å². The maximum atomic E-state index is 12.3. The van der Waals surface area contributed by atoms with Gasteiger partial charge in [-0.3, -0.25) is 9.10 Å². The molecule has 1 amide bonds. The zero-order valence-corrected chi connectivity index (χ0v) is 21.0. The number of sulfonamides is 1. The predicted octanol–water partition coefficient (Wildman–Crippen LogP) is 4.72. The minimum atomic E-state index is -3.42. The SMILES string of the molecule is CCCCc1ccc(N(CCCC(=O)NCCOc2ccc(CCC)cc2)S(C)(=O)=O)cc1. The van der Waals surface area contributed by atoms with E-state index in [4.69, 9.17) is 4.74 Å². The van der Waals surface area contributed by atoms with Gasteiger partial charge in [0, 0.05) is 13.0 Å². The molecular weight excluding hydrogens is 436 g/mol. The van der Waals surface area contributed by atoms with Crippen molar-refractivity contribution in [2.75, 3.05) is 30.3 Å². The number of nitrogens with one attached hydrogen (secondary N) is 1. The molecule has 0 aromatic heterocycles. The zero-order valence-electron chi connectivity index (χ0n) is 20.2. The van der Waals surface area contributed by atoms with Gasteiger partial charge in [0.15, 0.2) is 0 Å². The van der Waals surface area contributed by atoms with Crippen LogP contribution in [-0.4, -0.2) is 40.3 Å². The maximum absolute atomic E-state index is 12.3. The second-order valence-corrected chi connectivity index (χ2v) is 10.2. The fraction of sp³-hybridized carbons (Fsp3) is 0.500. The summed E-state index contributed by atoms with van der Waals surface area (Å²) in [5, 5.41) is 2.83. The normalized spacial score (nSPS) is 11.2. The molecule has 0 fully saturated rings. The molecule has 33 heavy (non-hydrogen) atoms. The summed E-state index contributed by atoms with van der Waals surface area (Å²) in [6, 6.07) is 15.7. The second kappa shape index (κ2) is 13.9. The largest absolute Gasteiger partial charge is 0.492 e. The molecule has 0 aliphatic carbocycles. The first kappa shape index (κ1) is 26.7. The van der Waals surface area contributed by atoms with Crippen LogP contribution in [0.2, 0.25) is 0 Å². The number of benzene rings is 2. The van der Waals surface area contributed by atoms with E-state index in [9.17, 15) is 13.2 Å². The van der Waals surface area contributed by atoms with Gasteiger partial charge in [0.1, 0.15) is 12.4 Å². The lowest BCUT2D eigenvalue weighted by atomic mass is 10.1. The van der Waals surface area contributed by atoms with E-state index in [1.165, 1.54) is 21.7 Å². The van der Waals surface area contributed by atoms with E-state index in [1.807, 2.05) is 36.4 Å². The van der Waals surface area contributed by atoms with E-state index < -0.39 is 10.0 Å². The Bertz CT molecular complexity index is 941. The summed E-state index contributed by atoms with van der Waals surface area (Å²) in [7, 11) is -3.42. The van der Waals surface area contributed by atoms with Gasteiger partial charge in [0.05, 0.1) is 18.5 Å². The number of amides is 1. The van der Waals surface area contributed by atoms with Crippen LogP contribution in [0.4, 0.5) is 5.69 Å². The Hall–Kier alpha value is -2.54. The molecular formula is C26H38N2O4S. The van der Waals surface area contributed by atoms with Crippen LogP contribution < -0.4 is 14.4 Å². The monoisotopic (exact) mass is 474 g/mol. The molecule has 0 aliphatic rings. The first-order chi connectivity index (χ1) is 15.8. The molecule has 2 aromatic carbocycles. The van der Waals surface area contributed by atoms with Crippen LogP contribution >= 0.6 is 0 Å². The maximum Gasteiger partial charge on any atom is 0.232 e. The number of unbranched alkanes of at least 4 members (excludes halogenated alkanes) is 1. The Morgan fingerprint density at radius 2 is 1.55 bits per heavy atom. The smallest absolute Gasteiger partial charge is 0.232 e. The number of ether oxygens (including phenoxy) is 1. The first-order valence-electron chi connectivity index (χ1n) is 11.9. The predicted molar refractivity (Wildman–Crippen MR) is 135 cm³/mol. The quantitative estimate of drug-likeness (QED) is 0.379. The Labute approximate surface area is 199 Å². The van der Waals surface area contributed by atoms with Crippen molar-refractivity contribution in [2.45, 2.75) is 58.8 Å². The minimum Gasteiger partial charge on any atom is -0.492 e. The Morgan fingerprint density at radius 1 is 0.909 bits per heavy atom. The molecule has 182 valence electrons. The number of hydrogen-bond acceptors (Lipinski definition) is 4. The number of carbonyl (C=O) groups is 1. The lowest BCUT2D eigenvalue weighted by molar-refractivity contribution is -0.121. The van der Waals surface area contributed by atoms with Crippen molar-refractivity contribution in [2.24, 2.45) is 0 Å². The van der Waals surface area contributed by atoms with Crippen molar-refractivity contribution < 1.29 is 17.9 Å². The number of rotatable bonds is 15. The van der Waals surface area contributed by atoms with Gasteiger partial charge in [0.25, 0.3) is 0 Å². The molecule has 0 saturated carbocycles. The lowest BCUT2D eigenvalue weighted by Gasteiger charge is -2.22. The van der Waals surface area contributed by atoms with E-state index in [0.717, 1.165) is 37.9 Å². The molecule has 0 radical (unpaired) electrons. The highest BCUT2D eigenvalue weighted by molar-refractivity contribution is 7.92. The third kappa shape index (κ3) is 9.86. The van der Waals surface area contributed by atoms with E-state index >= 15 is 0 Å². The molecule has 2 aromatic rings. The molecule has 0 atom stereocenters. The average molecular weight is 475 g/mol. The van der Waals surface area contributed by atoms with Crippen molar-refractivity contribution in [1.82, 2.24) is 5.32 Å². The minimum absolute atomic E-state index is 0.111. The van der Waals surface area contributed by atoms with Gasteiger partial charge in [-0.25, -0.2) is 8.42 Å². The molecule has 0 bridgehead atoms. The van der Waals surface area contributed by atoms with Gasteiger partial charge < -0.3 is 10.1 Å². The number of aryl methyl sites for hydroxylation is 2. The highest BCUT2D eigenvalue weighted by Crippen LogP contribution is 2.20. The number of carbonyl (C=O) groups excluding carboxylic acids is 1. The standard InChI is InChI=1S/C26H38N2O4S/c1-4-6-9-23-11-15-24(16-12-23)28(33(3,30)31)20-7-10-26(29)27-19-21-32-25-17-13-22(8-5-2)14-18-25/h11-18H,4-10,19-21H2,1-3H3,(H,27,29). The lowest BCUT2D eigenvalue weighted by Crippen LogP contribution is -2.32. The molecule has 0 saturated heterocycles. The number of nitrogens with zero attached hydrogens (tertiary/aromatic N) is 1. The Morgan fingerprint density at radius 3 is 2.15 bits per heavy atom. The summed E-state index contributed by atoms with van der Waals surface area (Å²) in [5.41, 5.74) is 3.12. The van der Waals surface area contributed by atoms with Crippen molar-refractivity contribution in [3.63, 3.8) is 0 Å². The van der Waals surface area contributed by atoms with Crippen LogP contribution in [0.1, 0.15) is 57.1 Å². The Kier molecular flexibility index (Phi) is 11.2. The van der Waals surface area contributed by atoms with Crippen LogP contribution in [0.25, 0.3) is 0 Å². The summed E-state index contributed by atoms with van der Waals surface area (Å²) in [6.07, 6.45) is 7.28. The number of anilines is 1. The highest BCUT2D eigenvalue weighted by Gasteiger charge is 2.17. The number of hydrogen-bond donors (Lipinski definition) is 1. The summed E-state index contributed by atoms with van der Waals surface area (Å²) < 4.78 is 31.6. The van der Waals surface area contributed by atoms with Crippen molar-refractivity contribution in [1.29, 1.82) is 0 Å². The second-order valence-electron chi connectivity index (χ2n) is 8.30. The zero-order chi connectivity index (χ0) is 24.1. The summed E-state index contributed by atoms with van der Waals surface area (Å²) >= 11 is 0. The molecule has 1 N–H and O–H groups in total. The average Bonchev–Trinajstić information content (AvgIpc) is 2.79. The van der Waals surface area contributed by atoms with Crippen LogP contribution in [0.5, 0.6) is 5.75 Å². The van der Waals surface area contributed by atoms with Gasteiger partial charge in [-0.15, -0.1) is 0 Å². The third-order valence-corrected chi connectivity index (χ3v) is 6.56. The summed E-state index contributed by atoms with van der Waals surface area (Å²) in [6.45, 7) is 5.36. The van der Waals surface area contributed by atoms with E-state index in [1.54, 1.807) is 0 Å². The van der Waals surface area contributed by atoms with E-state index in [0.29, 0.717) is 25.3 Å². The summed E-state index contributed by atoms with van der Waals surface area (Å²) in [5.74, 6) is 0.675. The van der Waals surface area contributed by atoms with Crippen LogP contribution in [-0.2, 0) is 27.7 Å². The molecule has 6 nitrogen and oxygen atoms in total. The summed E-state index contributed by atoms with van der Waals surface area (Å²) in [4.78, 5) is 12.1. The molecule has 2 rings (SSSR count). The van der Waals surface area contributed by atoms with E-state index in [-0.39, 0.29) is 18.9 Å². The molecule has 0 unspecified atom stereocenters. The molecule has 0 heterocycles.